The third-order valence-electron chi connectivity index (χ3n) is 2.68. The molecule has 0 bridgehead atoms. The van der Waals surface area contributed by atoms with Crippen molar-refractivity contribution in [2.24, 2.45) is 0 Å². The summed E-state index contributed by atoms with van der Waals surface area (Å²) in [6.07, 6.45) is 1.76. The van der Waals surface area contributed by atoms with Gasteiger partial charge in [-0.25, -0.2) is 9.78 Å². The van der Waals surface area contributed by atoms with Crippen molar-refractivity contribution < 1.29 is 9.90 Å². The maximum Gasteiger partial charge on any atom is 0.336 e. The molecule has 0 fully saturated rings. The van der Waals surface area contributed by atoms with Crippen LogP contribution in [0.15, 0.2) is 28.2 Å². The third-order valence-corrected chi connectivity index (χ3v) is 4.15. The Balaban J connectivity index is 2.70. The van der Waals surface area contributed by atoms with E-state index in [1.807, 2.05) is 28.7 Å². The van der Waals surface area contributed by atoms with Crippen molar-refractivity contribution >= 4 is 40.3 Å². The van der Waals surface area contributed by atoms with Gasteiger partial charge in [0.1, 0.15) is 11.6 Å². The van der Waals surface area contributed by atoms with Crippen molar-refractivity contribution in [2.45, 2.75) is 5.16 Å². The van der Waals surface area contributed by atoms with Crippen LogP contribution in [0.5, 0.6) is 0 Å². The number of aromatic amines is 1. The second-order valence-electron chi connectivity index (χ2n) is 3.91. The predicted octanol–water partition coefficient (Wildman–Crippen LogP) is 2.33. The lowest BCUT2D eigenvalue weighted by atomic mass is 10.1. The molecule has 0 aliphatic rings. The van der Waals surface area contributed by atoms with Crippen molar-refractivity contribution in [3.63, 3.8) is 0 Å². The number of hydrogen-bond acceptors (Lipinski definition) is 5. The molecule has 0 spiro atoms. The highest BCUT2D eigenvalue weighted by molar-refractivity contribution is 14.1. The Labute approximate surface area is 137 Å². The molecule has 0 amide bonds. The lowest BCUT2D eigenvalue weighted by Gasteiger charge is -2.07. The minimum Gasteiger partial charge on any atom is -0.478 e. The second-order valence-corrected chi connectivity index (χ2v) is 5.87. The first kappa shape index (κ1) is 15.5. The van der Waals surface area contributed by atoms with E-state index in [9.17, 15) is 9.59 Å². The summed E-state index contributed by atoms with van der Waals surface area (Å²) in [5, 5.41) is 18.5. The fourth-order valence-corrected chi connectivity index (χ4v) is 2.82. The molecule has 0 saturated carbocycles. The number of hydrogen-bond donors (Lipinski definition) is 2. The quantitative estimate of drug-likeness (QED) is 0.455. The summed E-state index contributed by atoms with van der Waals surface area (Å²) in [7, 11) is 0. The molecule has 2 aromatic rings. The molecular weight excluding hydrogens is 405 g/mol. The van der Waals surface area contributed by atoms with Crippen LogP contribution in [-0.4, -0.2) is 27.3 Å². The number of nitriles is 1. The van der Waals surface area contributed by atoms with Gasteiger partial charge in [-0.2, -0.15) is 5.26 Å². The normalized spacial score (nSPS) is 10.1. The van der Waals surface area contributed by atoms with Gasteiger partial charge in [0.15, 0.2) is 5.16 Å². The van der Waals surface area contributed by atoms with Crippen LogP contribution in [0.25, 0.3) is 11.3 Å². The number of nitrogens with one attached hydrogen (secondary N) is 1. The Morgan fingerprint density at radius 3 is 2.76 bits per heavy atom. The van der Waals surface area contributed by atoms with Gasteiger partial charge in [0.05, 0.1) is 11.3 Å². The van der Waals surface area contributed by atoms with Gasteiger partial charge in [-0.1, -0.05) is 17.8 Å². The first-order chi connectivity index (χ1) is 9.97. The molecule has 2 rings (SSSR count). The summed E-state index contributed by atoms with van der Waals surface area (Å²) in [5.74, 6) is -1.03. The summed E-state index contributed by atoms with van der Waals surface area (Å²) in [6, 6.07) is 6.40. The van der Waals surface area contributed by atoms with Crippen LogP contribution in [0.1, 0.15) is 15.9 Å². The molecule has 0 aliphatic carbocycles. The van der Waals surface area contributed by atoms with Crippen LogP contribution in [0.3, 0.4) is 0 Å². The van der Waals surface area contributed by atoms with E-state index < -0.39 is 11.5 Å². The molecule has 1 aromatic heterocycles. The second kappa shape index (κ2) is 6.28. The number of aromatic nitrogens is 2. The number of halogens is 1. The molecule has 1 heterocycles. The molecule has 0 aliphatic heterocycles. The van der Waals surface area contributed by atoms with Gasteiger partial charge >= 0.3 is 5.97 Å². The fraction of sp³-hybridized carbons (Fsp3) is 0.0769. The van der Waals surface area contributed by atoms with Crippen LogP contribution < -0.4 is 5.56 Å². The number of H-pyrrole nitrogens is 1. The van der Waals surface area contributed by atoms with E-state index in [-0.39, 0.29) is 16.8 Å². The average molecular weight is 413 g/mol. The van der Waals surface area contributed by atoms with E-state index in [0.717, 1.165) is 0 Å². The molecule has 0 radical (unpaired) electrons. The largest absolute Gasteiger partial charge is 0.478 e. The van der Waals surface area contributed by atoms with E-state index in [2.05, 4.69) is 9.97 Å². The highest BCUT2D eigenvalue weighted by Gasteiger charge is 2.15. The number of carboxylic acid groups (broad SMARTS) is 1. The van der Waals surface area contributed by atoms with E-state index in [1.165, 1.54) is 17.8 Å². The molecule has 2 N–H and O–H groups in total. The lowest BCUT2D eigenvalue weighted by molar-refractivity contribution is 0.0696. The molecule has 0 saturated heterocycles. The summed E-state index contributed by atoms with van der Waals surface area (Å²) in [4.78, 5) is 29.6. The molecule has 1 aromatic carbocycles. The number of rotatable bonds is 3. The standard InChI is InChI=1S/C13H8IN3O3S/c1-21-13-16-10(8(5-15)11(18)17-13)6-2-3-7(12(19)20)9(14)4-6/h2-4H,1H3,(H,19,20)(H,16,17,18). The first-order valence-corrected chi connectivity index (χ1v) is 7.90. The highest BCUT2D eigenvalue weighted by Crippen LogP contribution is 2.25. The van der Waals surface area contributed by atoms with E-state index in [4.69, 9.17) is 10.4 Å². The number of nitrogens with zero attached hydrogens (tertiary/aromatic N) is 2. The van der Waals surface area contributed by atoms with Gasteiger partial charge in [-0.05, 0) is 41.0 Å². The molecular formula is C13H8IN3O3S. The van der Waals surface area contributed by atoms with Gasteiger partial charge in [-0.15, -0.1) is 0 Å². The fourth-order valence-electron chi connectivity index (χ4n) is 1.70. The first-order valence-electron chi connectivity index (χ1n) is 5.59. The Morgan fingerprint density at radius 1 is 1.52 bits per heavy atom. The van der Waals surface area contributed by atoms with Crippen molar-refractivity contribution in [2.75, 3.05) is 6.26 Å². The van der Waals surface area contributed by atoms with Crippen molar-refractivity contribution in [1.29, 1.82) is 5.26 Å². The van der Waals surface area contributed by atoms with Crippen molar-refractivity contribution in [3.05, 3.63) is 43.2 Å². The summed E-state index contributed by atoms with van der Waals surface area (Å²) < 4.78 is 0.509. The maximum absolute atomic E-state index is 11.9. The number of carbonyl (C=O) groups is 1. The van der Waals surface area contributed by atoms with Gasteiger partial charge in [0, 0.05) is 9.13 Å². The number of aromatic carboxylic acids is 1. The smallest absolute Gasteiger partial charge is 0.336 e. The van der Waals surface area contributed by atoms with Crippen molar-refractivity contribution in [3.8, 4) is 17.3 Å². The van der Waals surface area contributed by atoms with Crippen molar-refractivity contribution in [1.82, 2.24) is 9.97 Å². The van der Waals surface area contributed by atoms with Crippen LogP contribution in [0.2, 0.25) is 0 Å². The monoisotopic (exact) mass is 413 g/mol. The summed E-state index contributed by atoms with van der Waals surface area (Å²) >= 11 is 3.15. The number of thioether (sulfide) groups is 1. The minimum absolute atomic E-state index is 0.0910. The van der Waals surface area contributed by atoms with E-state index in [0.29, 0.717) is 14.3 Å². The molecule has 0 unspecified atom stereocenters. The zero-order chi connectivity index (χ0) is 15.6. The molecule has 106 valence electrons. The Kier molecular flexibility index (Phi) is 4.64. The van der Waals surface area contributed by atoms with E-state index in [1.54, 1.807) is 18.4 Å². The molecule has 21 heavy (non-hydrogen) atoms. The molecule has 8 heteroatoms. The van der Waals surface area contributed by atoms with Crippen LogP contribution in [0, 0.1) is 14.9 Å². The average Bonchev–Trinajstić information content (AvgIpc) is 2.45. The third kappa shape index (κ3) is 3.08. The van der Waals surface area contributed by atoms with Gasteiger partial charge in [0.25, 0.3) is 5.56 Å². The summed E-state index contributed by atoms with van der Waals surface area (Å²) in [5.41, 5.74) is 0.339. The van der Waals surface area contributed by atoms with Crippen LogP contribution in [-0.2, 0) is 0 Å². The zero-order valence-electron chi connectivity index (χ0n) is 10.7. The van der Waals surface area contributed by atoms with Crippen LogP contribution in [0.4, 0.5) is 0 Å². The van der Waals surface area contributed by atoms with Gasteiger partial charge in [-0.3, -0.25) is 4.79 Å². The van der Waals surface area contributed by atoms with E-state index >= 15 is 0 Å². The highest BCUT2D eigenvalue weighted by atomic mass is 127. The van der Waals surface area contributed by atoms with Crippen LogP contribution >= 0.6 is 34.4 Å². The SMILES string of the molecule is CSc1nc(-c2ccc(C(=O)O)c(I)c2)c(C#N)c(=O)[nH]1. The predicted molar refractivity (Wildman–Crippen MR) is 86.5 cm³/mol. The Morgan fingerprint density at radius 2 is 2.24 bits per heavy atom. The maximum atomic E-state index is 11.9. The van der Waals surface area contributed by atoms with Gasteiger partial charge < -0.3 is 10.1 Å². The Bertz CT molecular complexity index is 826. The molecule has 6 nitrogen and oxygen atoms in total. The minimum atomic E-state index is -1.03. The molecule has 0 atom stereocenters. The zero-order valence-corrected chi connectivity index (χ0v) is 13.7. The number of carboxylic acids is 1. The topological polar surface area (TPSA) is 107 Å². The van der Waals surface area contributed by atoms with Gasteiger partial charge in [0.2, 0.25) is 0 Å². The number of benzene rings is 1. The Hall–Kier alpha value is -1.86. The summed E-state index contributed by atoms with van der Waals surface area (Å²) in [6.45, 7) is 0. The lowest BCUT2D eigenvalue weighted by Crippen LogP contribution is -2.14.